The molecule has 0 bridgehead atoms. The van der Waals surface area contributed by atoms with Crippen molar-refractivity contribution in [3.63, 3.8) is 0 Å². The lowest BCUT2D eigenvalue weighted by molar-refractivity contribution is -0.0731. The van der Waals surface area contributed by atoms with Crippen LogP contribution in [-0.4, -0.2) is 28.3 Å². The number of rotatable bonds is 3. The minimum Gasteiger partial charge on any atom is -0.474 e. The normalized spacial score (nSPS) is 28.1. The number of hydrogen-bond acceptors (Lipinski definition) is 5. The molecule has 2 N–H and O–H groups in total. The van der Waals surface area contributed by atoms with E-state index in [1.165, 1.54) is 6.33 Å². The molecule has 1 saturated heterocycles. The van der Waals surface area contributed by atoms with Crippen LogP contribution in [0.5, 0.6) is 5.88 Å². The summed E-state index contributed by atoms with van der Waals surface area (Å²) in [5, 5.41) is 0. The third kappa shape index (κ3) is 2.90. The molecule has 0 saturated carbocycles. The van der Waals surface area contributed by atoms with Crippen LogP contribution in [0.2, 0.25) is 0 Å². The second kappa shape index (κ2) is 5.52. The molecular weight excluding hydrogens is 230 g/mol. The molecule has 18 heavy (non-hydrogen) atoms. The largest absolute Gasteiger partial charge is 0.474 e. The molecule has 0 amide bonds. The first-order valence-corrected chi connectivity index (χ1v) is 6.51. The highest BCUT2D eigenvalue weighted by Crippen LogP contribution is 2.26. The van der Waals surface area contributed by atoms with E-state index in [-0.39, 0.29) is 18.3 Å². The minimum atomic E-state index is 0.142. The fourth-order valence-corrected chi connectivity index (χ4v) is 2.44. The van der Waals surface area contributed by atoms with E-state index in [0.29, 0.717) is 11.7 Å². The summed E-state index contributed by atoms with van der Waals surface area (Å²) in [5.74, 6) is 1.13. The van der Waals surface area contributed by atoms with Gasteiger partial charge in [0, 0.05) is 12.8 Å². The van der Waals surface area contributed by atoms with Crippen molar-refractivity contribution in [3.05, 3.63) is 11.9 Å². The molecule has 0 spiro atoms. The Morgan fingerprint density at radius 2 is 2.00 bits per heavy atom. The second-order valence-electron chi connectivity index (χ2n) is 4.86. The van der Waals surface area contributed by atoms with Crippen LogP contribution in [-0.2, 0) is 11.2 Å². The van der Waals surface area contributed by atoms with Gasteiger partial charge in [-0.3, -0.25) is 0 Å². The maximum Gasteiger partial charge on any atom is 0.222 e. The van der Waals surface area contributed by atoms with Crippen molar-refractivity contribution in [1.29, 1.82) is 0 Å². The van der Waals surface area contributed by atoms with Gasteiger partial charge in [0.25, 0.3) is 0 Å². The molecule has 0 aliphatic carbocycles. The summed E-state index contributed by atoms with van der Waals surface area (Å²) >= 11 is 0. The average Bonchev–Trinajstić information content (AvgIpc) is 2.27. The number of anilines is 1. The van der Waals surface area contributed by atoms with Gasteiger partial charge in [0.2, 0.25) is 5.88 Å². The number of nitrogens with zero attached hydrogens (tertiary/aromatic N) is 2. The average molecular weight is 251 g/mol. The fraction of sp³-hybridized carbons (Fsp3) is 0.692. The van der Waals surface area contributed by atoms with Gasteiger partial charge in [0.1, 0.15) is 18.2 Å². The summed E-state index contributed by atoms with van der Waals surface area (Å²) in [4.78, 5) is 8.20. The molecule has 2 atom stereocenters. The lowest BCUT2D eigenvalue weighted by Crippen LogP contribution is -2.36. The molecule has 0 radical (unpaired) electrons. The van der Waals surface area contributed by atoms with E-state index < -0.39 is 0 Å². The quantitative estimate of drug-likeness (QED) is 0.889. The smallest absolute Gasteiger partial charge is 0.222 e. The second-order valence-corrected chi connectivity index (χ2v) is 4.86. The Labute approximate surface area is 108 Å². The van der Waals surface area contributed by atoms with E-state index in [4.69, 9.17) is 15.2 Å². The SMILES string of the molecule is CCc1c(N)ncnc1OC1CC(C)OC(C)C1. The molecule has 2 heterocycles. The van der Waals surface area contributed by atoms with Crippen molar-refractivity contribution in [3.8, 4) is 5.88 Å². The highest BCUT2D eigenvalue weighted by Gasteiger charge is 2.26. The van der Waals surface area contributed by atoms with Crippen LogP contribution in [0, 0.1) is 0 Å². The first-order chi connectivity index (χ1) is 8.60. The predicted molar refractivity (Wildman–Crippen MR) is 69.5 cm³/mol. The molecule has 5 nitrogen and oxygen atoms in total. The molecule has 100 valence electrons. The highest BCUT2D eigenvalue weighted by atomic mass is 16.5. The maximum absolute atomic E-state index is 5.99. The van der Waals surface area contributed by atoms with Gasteiger partial charge in [-0.1, -0.05) is 6.92 Å². The zero-order valence-electron chi connectivity index (χ0n) is 11.2. The van der Waals surface area contributed by atoms with Crippen molar-refractivity contribution in [2.75, 3.05) is 5.73 Å². The number of nitrogen functional groups attached to an aromatic ring is 1. The molecular formula is C13H21N3O2. The van der Waals surface area contributed by atoms with Crippen LogP contribution < -0.4 is 10.5 Å². The van der Waals surface area contributed by atoms with Gasteiger partial charge in [0.15, 0.2) is 0 Å². The Balaban J connectivity index is 2.11. The zero-order chi connectivity index (χ0) is 13.1. The molecule has 1 aromatic rings. The Hall–Kier alpha value is -1.36. The molecule has 2 rings (SSSR count). The summed E-state index contributed by atoms with van der Waals surface area (Å²) in [6.07, 6.45) is 4.59. The first-order valence-electron chi connectivity index (χ1n) is 6.51. The lowest BCUT2D eigenvalue weighted by atomic mass is 10.0. The standard InChI is InChI=1S/C13H21N3O2/c1-4-11-12(14)15-7-16-13(11)18-10-5-8(2)17-9(3)6-10/h7-10H,4-6H2,1-3H3,(H2,14,15,16). The third-order valence-electron chi connectivity index (χ3n) is 3.23. The minimum absolute atomic E-state index is 0.142. The van der Waals surface area contributed by atoms with Crippen LogP contribution >= 0.6 is 0 Å². The number of ether oxygens (including phenoxy) is 2. The van der Waals surface area contributed by atoms with Gasteiger partial charge in [0.05, 0.1) is 17.8 Å². The van der Waals surface area contributed by atoms with Crippen molar-refractivity contribution < 1.29 is 9.47 Å². The predicted octanol–water partition coefficient (Wildman–Crippen LogP) is 1.96. The van der Waals surface area contributed by atoms with Crippen molar-refractivity contribution in [2.24, 2.45) is 0 Å². The van der Waals surface area contributed by atoms with Crippen LogP contribution in [0.1, 0.15) is 39.2 Å². The van der Waals surface area contributed by atoms with Crippen molar-refractivity contribution in [1.82, 2.24) is 9.97 Å². The Kier molecular flexibility index (Phi) is 4.01. The van der Waals surface area contributed by atoms with E-state index >= 15 is 0 Å². The maximum atomic E-state index is 5.99. The van der Waals surface area contributed by atoms with Crippen LogP contribution in [0.25, 0.3) is 0 Å². The highest BCUT2D eigenvalue weighted by molar-refractivity contribution is 5.44. The van der Waals surface area contributed by atoms with Gasteiger partial charge < -0.3 is 15.2 Å². The molecule has 1 aliphatic rings. The molecule has 1 aromatic heterocycles. The van der Waals surface area contributed by atoms with Crippen LogP contribution in [0.4, 0.5) is 5.82 Å². The molecule has 1 aliphatic heterocycles. The van der Waals surface area contributed by atoms with Gasteiger partial charge in [-0.2, -0.15) is 0 Å². The number of hydrogen-bond donors (Lipinski definition) is 1. The number of aromatic nitrogens is 2. The summed E-state index contributed by atoms with van der Waals surface area (Å²) < 4.78 is 11.7. The number of nitrogens with two attached hydrogens (primary N) is 1. The van der Waals surface area contributed by atoms with Gasteiger partial charge in [-0.05, 0) is 20.3 Å². The summed E-state index contributed by atoms with van der Waals surface area (Å²) in [6, 6.07) is 0. The topological polar surface area (TPSA) is 70.3 Å². The van der Waals surface area contributed by atoms with Gasteiger partial charge >= 0.3 is 0 Å². The van der Waals surface area contributed by atoms with Gasteiger partial charge in [-0.25, -0.2) is 9.97 Å². The molecule has 0 aromatic carbocycles. The van der Waals surface area contributed by atoms with Crippen LogP contribution in [0.3, 0.4) is 0 Å². The van der Waals surface area contributed by atoms with Crippen molar-refractivity contribution >= 4 is 5.82 Å². The molecule has 1 fully saturated rings. The van der Waals surface area contributed by atoms with E-state index in [2.05, 4.69) is 23.8 Å². The third-order valence-corrected chi connectivity index (χ3v) is 3.23. The summed E-state index contributed by atoms with van der Waals surface area (Å²) in [6.45, 7) is 6.17. The first kappa shape index (κ1) is 13.1. The lowest BCUT2D eigenvalue weighted by Gasteiger charge is -2.32. The summed E-state index contributed by atoms with van der Waals surface area (Å²) in [7, 11) is 0. The van der Waals surface area contributed by atoms with Crippen molar-refractivity contribution in [2.45, 2.75) is 58.3 Å². The van der Waals surface area contributed by atoms with E-state index in [9.17, 15) is 0 Å². The fourth-order valence-electron chi connectivity index (χ4n) is 2.44. The molecule has 5 heteroatoms. The van der Waals surface area contributed by atoms with Crippen LogP contribution in [0.15, 0.2) is 6.33 Å². The zero-order valence-corrected chi connectivity index (χ0v) is 11.2. The summed E-state index contributed by atoms with van der Waals surface area (Å²) in [5.41, 5.74) is 6.73. The van der Waals surface area contributed by atoms with E-state index in [0.717, 1.165) is 24.8 Å². The van der Waals surface area contributed by atoms with E-state index in [1.54, 1.807) is 0 Å². The van der Waals surface area contributed by atoms with E-state index in [1.807, 2.05) is 6.92 Å². The Morgan fingerprint density at radius 3 is 2.61 bits per heavy atom. The van der Waals surface area contributed by atoms with Gasteiger partial charge in [-0.15, -0.1) is 0 Å². The Bertz CT molecular complexity index is 401. The Morgan fingerprint density at radius 1 is 1.33 bits per heavy atom. The molecule has 2 unspecified atom stereocenters. The monoisotopic (exact) mass is 251 g/mol.